The molecule has 1 saturated heterocycles. The van der Waals surface area contributed by atoms with Crippen molar-refractivity contribution >= 4 is 40.0 Å². The van der Waals surface area contributed by atoms with Gasteiger partial charge in [0.15, 0.2) is 5.96 Å². The second-order valence-corrected chi connectivity index (χ2v) is 8.61. The molecule has 1 heterocycles. The quantitative estimate of drug-likeness (QED) is 0.222. The summed E-state index contributed by atoms with van der Waals surface area (Å²) in [7, 11) is -1.77. The Morgan fingerprint density at radius 3 is 2.54 bits per heavy atom. The summed E-state index contributed by atoms with van der Waals surface area (Å²) in [5, 5.41) is 6.64. The molecule has 1 aromatic carbocycles. The molecule has 0 bridgehead atoms. The molecule has 156 valence electrons. The molecule has 1 unspecified atom stereocenters. The highest BCUT2D eigenvalue weighted by molar-refractivity contribution is 14.0. The number of hydrogen-bond donors (Lipinski definition) is 3. The average molecular weight is 520 g/mol. The SMILES string of the molecule is CN=C(NCc1ccc(S(=O)(=O)NCC2CCCO2)cc1)NC1CC=CC1.I. The van der Waals surface area contributed by atoms with Crippen molar-refractivity contribution < 1.29 is 13.2 Å². The predicted molar refractivity (Wildman–Crippen MR) is 122 cm³/mol. The smallest absolute Gasteiger partial charge is 0.240 e. The van der Waals surface area contributed by atoms with Crippen LogP contribution in [0.4, 0.5) is 0 Å². The third-order valence-electron chi connectivity index (χ3n) is 4.79. The lowest BCUT2D eigenvalue weighted by Gasteiger charge is -2.17. The Balaban J connectivity index is 0.00000280. The van der Waals surface area contributed by atoms with Gasteiger partial charge in [-0.3, -0.25) is 4.99 Å². The number of hydrogen-bond acceptors (Lipinski definition) is 4. The summed E-state index contributed by atoms with van der Waals surface area (Å²) in [5.74, 6) is 0.749. The molecule has 3 rings (SSSR count). The van der Waals surface area contributed by atoms with Gasteiger partial charge in [-0.15, -0.1) is 24.0 Å². The van der Waals surface area contributed by atoms with Gasteiger partial charge >= 0.3 is 0 Å². The molecule has 0 radical (unpaired) electrons. The zero-order chi connectivity index (χ0) is 19.1. The van der Waals surface area contributed by atoms with Crippen LogP contribution in [0.2, 0.25) is 0 Å². The minimum atomic E-state index is -3.51. The third kappa shape index (κ3) is 6.71. The van der Waals surface area contributed by atoms with E-state index < -0.39 is 10.0 Å². The van der Waals surface area contributed by atoms with E-state index >= 15 is 0 Å². The highest BCUT2D eigenvalue weighted by atomic mass is 127. The molecule has 1 atom stereocenters. The zero-order valence-electron chi connectivity index (χ0n) is 16.1. The lowest BCUT2D eigenvalue weighted by Crippen LogP contribution is -2.42. The van der Waals surface area contributed by atoms with Crippen LogP contribution in [-0.4, -0.2) is 46.7 Å². The summed E-state index contributed by atoms with van der Waals surface area (Å²) in [6, 6.07) is 7.28. The molecule has 28 heavy (non-hydrogen) atoms. The van der Waals surface area contributed by atoms with E-state index in [1.54, 1.807) is 19.2 Å². The molecule has 7 nitrogen and oxygen atoms in total. The zero-order valence-corrected chi connectivity index (χ0v) is 19.2. The molecule has 1 aliphatic carbocycles. The van der Waals surface area contributed by atoms with Gasteiger partial charge in [0.25, 0.3) is 0 Å². The number of sulfonamides is 1. The van der Waals surface area contributed by atoms with Gasteiger partial charge in [-0.05, 0) is 43.4 Å². The van der Waals surface area contributed by atoms with Gasteiger partial charge in [-0.25, -0.2) is 13.1 Å². The molecular weight excluding hydrogens is 491 g/mol. The molecule has 0 aromatic heterocycles. The largest absolute Gasteiger partial charge is 0.377 e. The monoisotopic (exact) mass is 520 g/mol. The Morgan fingerprint density at radius 2 is 1.93 bits per heavy atom. The summed E-state index contributed by atoms with van der Waals surface area (Å²) in [6.07, 6.45) is 8.21. The van der Waals surface area contributed by atoms with E-state index in [0.717, 1.165) is 37.2 Å². The Hall–Kier alpha value is -1.17. The molecule has 0 saturated carbocycles. The maximum absolute atomic E-state index is 12.4. The topological polar surface area (TPSA) is 91.8 Å². The van der Waals surface area contributed by atoms with Gasteiger partial charge in [0.1, 0.15) is 0 Å². The lowest BCUT2D eigenvalue weighted by atomic mass is 10.2. The van der Waals surface area contributed by atoms with Gasteiger partial charge in [0.05, 0.1) is 11.0 Å². The summed E-state index contributed by atoms with van der Waals surface area (Å²) >= 11 is 0. The maximum Gasteiger partial charge on any atom is 0.240 e. The van der Waals surface area contributed by atoms with Crippen molar-refractivity contribution in [3.05, 3.63) is 42.0 Å². The van der Waals surface area contributed by atoms with Gasteiger partial charge < -0.3 is 15.4 Å². The number of ether oxygens (including phenoxy) is 1. The lowest BCUT2D eigenvalue weighted by molar-refractivity contribution is 0.114. The van der Waals surface area contributed by atoms with Gasteiger partial charge in [0.2, 0.25) is 10.0 Å². The van der Waals surface area contributed by atoms with Crippen LogP contribution in [-0.2, 0) is 21.3 Å². The van der Waals surface area contributed by atoms with Crippen LogP contribution < -0.4 is 15.4 Å². The van der Waals surface area contributed by atoms with Crippen LogP contribution in [0.15, 0.2) is 46.3 Å². The first-order chi connectivity index (χ1) is 13.1. The van der Waals surface area contributed by atoms with Crippen molar-refractivity contribution in [2.24, 2.45) is 4.99 Å². The van der Waals surface area contributed by atoms with Gasteiger partial charge in [-0.2, -0.15) is 0 Å². The van der Waals surface area contributed by atoms with E-state index in [-0.39, 0.29) is 35.0 Å². The average Bonchev–Trinajstić information content (AvgIpc) is 3.38. The first kappa shape index (κ1) is 23.1. The number of aliphatic imine (C=N–C) groups is 1. The Morgan fingerprint density at radius 1 is 1.21 bits per heavy atom. The van der Waals surface area contributed by atoms with E-state index in [4.69, 9.17) is 4.74 Å². The first-order valence-corrected chi connectivity index (χ1v) is 10.9. The van der Waals surface area contributed by atoms with Crippen molar-refractivity contribution in [3.8, 4) is 0 Å². The van der Waals surface area contributed by atoms with Crippen LogP contribution in [0.3, 0.4) is 0 Å². The highest BCUT2D eigenvalue weighted by Gasteiger charge is 2.20. The number of guanidine groups is 1. The molecule has 1 aromatic rings. The van der Waals surface area contributed by atoms with E-state index in [1.165, 1.54) is 0 Å². The van der Waals surface area contributed by atoms with Crippen molar-refractivity contribution in [1.82, 2.24) is 15.4 Å². The van der Waals surface area contributed by atoms with E-state index in [1.807, 2.05) is 12.1 Å². The molecule has 0 amide bonds. The molecule has 3 N–H and O–H groups in total. The van der Waals surface area contributed by atoms with Crippen molar-refractivity contribution in [3.63, 3.8) is 0 Å². The maximum atomic E-state index is 12.4. The second kappa shape index (κ2) is 11.1. The molecule has 2 aliphatic rings. The number of nitrogens with one attached hydrogen (secondary N) is 3. The van der Waals surface area contributed by atoms with E-state index in [2.05, 4.69) is 32.5 Å². The van der Waals surface area contributed by atoms with Crippen LogP contribution in [0, 0.1) is 0 Å². The molecular formula is C19H29IN4O3S. The van der Waals surface area contributed by atoms with Crippen LogP contribution >= 0.6 is 24.0 Å². The van der Waals surface area contributed by atoms with Crippen LogP contribution in [0.25, 0.3) is 0 Å². The van der Waals surface area contributed by atoms with Gasteiger partial charge in [-0.1, -0.05) is 24.3 Å². The predicted octanol–water partition coefficient (Wildman–Crippen LogP) is 2.15. The molecule has 1 fully saturated rings. The van der Waals surface area contributed by atoms with Crippen molar-refractivity contribution in [2.75, 3.05) is 20.2 Å². The fourth-order valence-corrected chi connectivity index (χ4v) is 4.25. The first-order valence-electron chi connectivity index (χ1n) is 9.39. The standard InChI is InChI=1S/C19H28N4O3S.HI/c1-20-19(23-16-5-2-3-6-16)21-13-15-8-10-18(11-9-15)27(24,25)22-14-17-7-4-12-26-17;/h2-3,8-11,16-17,22H,4-7,12-14H2,1H3,(H2,20,21,23);1H. The number of benzene rings is 1. The number of halogens is 1. The Bertz CT molecular complexity index is 767. The Kier molecular flexibility index (Phi) is 9.19. The van der Waals surface area contributed by atoms with Crippen LogP contribution in [0.5, 0.6) is 0 Å². The fraction of sp³-hybridized carbons (Fsp3) is 0.526. The van der Waals surface area contributed by atoms with Gasteiger partial charge in [0, 0.05) is 32.8 Å². The third-order valence-corrected chi connectivity index (χ3v) is 6.23. The summed E-state index contributed by atoms with van der Waals surface area (Å²) in [6.45, 7) is 1.61. The molecule has 9 heteroatoms. The minimum absolute atomic E-state index is 0. The summed E-state index contributed by atoms with van der Waals surface area (Å²) in [5.41, 5.74) is 0.987. The minimum Gasteiger partial charge on any atom is -0.377 e. The van der Waals surface area contributed by atoms with Crippen molar-refractivity contribution in [2.45, 2.75) is 49.3 Å². The summed E-state index contributed by atoms with van der Waals surface area (Å²) < 4.78 is 32.9. The van der Waals surface area contributed by atoms with Crippen molar-refractivity contribution in [1.29, 1.82) is 0 Å². The second-order valence-electron chi connectivity index (χ2n) is 6.84. The van der Waals surface area contributed by atoms with E-state index in [9.17, 15) is 8.42 Å². The van der Waals surface area contributed by atoms with Crippen LogP contribution in [0.1, 0.15) is 31.2 Å². The fourth-order valence-electron chi connectivity index (χ4n) is 3.19. The molecule has 1 aliphatic heterocycles. The molecule has 0 spiro atoms. The van der Waals surface area contributed by atoms with E-state index in [0.29, 0.717) is 25.7 Å². The Labute approximate surface area is 184 Å². The normalized spacial score (nSPS) is 20.2. The number of nitrogens with zero attached hydrogens (tertiary/aromatic N) is 1. The highest BCUT2D eigenvalue weighted by Crippen LogP contribution is 2.14. The number of rotatable bonds is 7. The summed E-state index contributed by atoms with van der Waals surface area (Å²) in [4.78, 5) is 4.50.